The Kier molecular flexibility index (Phi) is 4.16. The number of ether oxygens (including phenoxy) is 1. The van der Waals surface area contributed by atoms with Crippen molar-refractivity contribution < 1.29 is 13.2 Å². The summed E-state index contributed by atoms with van der Waals surface area (Å²) in [6.07, 6.45) is 6.41. The summed E-state index contributed by atoms with van der Waals surface area (Å²) in [6, 6.07) is 8.31. The average molecular weight is 372 g/mol. The topological polar surface area (TPSA) is 100 Å². The van der Waals surface area contributed by atoms with E-state index in [4.69, 9.17) is 15.0 Å². The van der Waals surface area contributed by atoms with Crippen LogP contribution in [-0.4, -0.2) is 30.3 Å². The molecular formula is C18H20N4O3S. The summed E-state index contributed by atoms with van der Waals surface area (Å²) in [5, 5.41) is 11.1. The highest BCUT2D eigenvalue weighted by Gasteiger charge is 2.25. The molecule has 0 spiro atoms. The average Bonchev–Trinajstić information content (AvgIpc) is 3.28. The van der Waals surface area contributed by atoms with E-state index in [1.165, 1.54) is 25.0 Å². The number of hydrogen-bond donors (Lipinski definition) is 1. The summed E-state index contributed by atoms with van der Waals surface area (Å²) in [7, 11) is -2.15. The number of sulfonamides is 1. The number of nitrogens with zero attached hydrogens (tertiary/aromatic N) is 3. The van der Waals surface area contributed by atoms with E-state index >= 15 is 0 Å². The molecule has 3 aromatic rings. The number of aromatic nitrogens is 3. The molecule has 1 saturated carbocycles. The van der Waals surface area contributed by atoms with Crippen molar-refractivity contribution in [3.05, 3.63) is 42.2 Å². The molecule has 8 heteroatoms. The maximum Gasteiger partial charge on any atom is 0.240 e. The van der Waals surface area contributed by atoms with E-state index < -0.39 is 10.0 Å². The molecule has 1 fully saturated rings. The summed E-state index contributed by atoms with van der Waals surface area (Å²) in [6.45, 7) is 0. The second-order valence-corrected chi connectivity index (χ2v) is 8.10. The molecule has 0 amide bonds. The molecule has 136 valence electrons. The molecule has 1 aliphatic carbocycles. The van der Waals surface area contributed by atoms with E-state index in [0.29, 0.717) is 11.8 Å². The van der Waals surface area contributed by atoms with Crippen LogP contribution >= 0.6 is 0 Å². The lowest BCUT2D eigenvalue weighted by molar-refractivity contribution is 0.401. The van der Waals surface area contributed by atoms with E-state index in [2.05, 4.69) is 4.98 Å². The Hall–Kier alpha value is -2.45. The zero-order chi connectivity index (χ0) is 18.3. The summed E-state index contributed by atoms with van der Waals surface area (Å²) in [5.74, 6) is 0.921. The minimum absolute atomic E-state index is 0.0684. The summed E-state index contributed by atoms with van der Waals surface area (Å²) < 4.78 is 30.2. The van der Waals surface area contributed by atoms with Gasteiger partial charge in [-0.15, -0.1) is 0 Å². The molecule has 0 radical (unpaired) electrons. The molecule has 26 heavy (non-hydrogen) atoms. The molecule has 1 aromatic carbocycles. The van der Waals surface area contributed by atoms with Gasteiger partial charge in [-0.05, 0) is 43.2 Å². The van der Waals surface area contributed by atoms with Gasteiger partial charge >= 0.3 is 0 Å². The molecule has 0 saturated heterocycles. The zero-order valence-corrected chi connectivity index (χ0v) is 15.2. The lowest BCUT2D eigenvalue weighted by atomic mass is 10.0. The molecule has 0 aliphatic heterocycles. The third kappa shape index (κ3) is 2.85. The summed E-state index contributed by atoms with van der Waals surface area (Å²) in [4.78, 5) is 4.38. The molecule has 2 aromatic heterocycles. The SMILES string of the molecule is COc1nccc2c(C3CCCC3)nn(-c3ccc(S(N)(=O)=O)cc3)c12. The van der Waals surface area contributed by atoms with Gasteiger partial charge in [-0.3, -0.25) is 0 Å². The van der Waals surface area contributed by atoms with Crippen molar-refractivity contribution in [3.8, 4) is 11.6 Å². The molecule has 2 heterocycles. The normalized spacial score (nSPS) is 15.6. The largest absolute Gasteiger partial charge is 0.479 e. The Bertz CT molecular complexity index is 1050. The van der Waals surface area contributed by atoms with Crippen molar-refractivity contribution in [1.29, 1.82) is 0 Å². The second kappa shape index (κ2) is 6.37. The quantitative estimate of drug-likeness (QED) is 0.759. The monoisotopic (exact) mass is 372 g/mol. The second-order valence-electron chi connectivity index (χ2n) is 6.53. The highest BCUT2D eigenvalue weighted by atomic mass is 32.2. The Morgan fingerprint density at radius 1 is 1.15 bits per heavy atom. The minimum atomic E-state index is -3.73. The summed E-state index contributed by atoms with van der Waals surface area (Å²) >= 11 is 0. The van der Waals surface area contributed by atoms with Gasteiger partial charge in [0.25, 0.3) is 0 Å². The fourth-order valence-corrected chi connectivity index (χ4v) is 4.19. The first-order valence-electron chi connectivity index (χ1n) is 8.54. The van der Waals surface area contributed by atoms with E-state index in [1.807, 2.05) is 6.07 Å². The van der Waals surface area contributed by atoms with Crippen molar-refractivity contribution in [3.63, 3.8) is 0 Å². The predicted molar refractivity (Wildman–Crippen MR) is 98.0 cm³/mol. The van der Waals surface area contributed by atoms with E-state index in [0.717, 1.165) is 35.1 Å². The minimum Gasteiger partial charge on any atom is -0.479 e. The number of fused-ring (bicyclic) bond motifs is 1. The van der Waals surface area contributed by atoms with Gasteiger partial charge in [0.05, 0.1) is 23.4 Å². The predicted octanol–water partition coefficient (Wildman–Crippen LogP) is 2.73. The number of nitrogens with two attached hydrogens (primary N) is 1. The van der Waals surface area contributed by atoms with E-state index in [-0.39, 0.29) is 4.90 Å². The molecule has 4 rings (SSSR count). The fourth-order valence-electron chi connectivity index (χ4n) is 3.67. The van der Waals surface area contributed by atoms with Crippen LogP contribution in [-0.2, 0) is 10.0 Å². The van der Waals surface area contributed by atoms with Gasteiger partial charge in [-0.25, -0.2) is 23.2 Å². The molecule has 7 nitrogen and oxygen atoms in total. The van der Waals surface area contributed by atoms with Crippen molar-refractivity contribution in [2.75, 3.05) is 7.11 Å². The van der Waals surface area contributed by atoms with Gasteiger partial charge < -0.3 is 4.74 Å². The van der Waals surface area contributed by atoms with Crippen LogP contribution in [0.25, 0.3) is 16.6 Å². The Balaban J connectivity index is 1.91. The van der Waals surface area contributed by atoms with Crippen LogP contribution in [0.2, 0.25) is 0 Å². The van der Waals surface area contributed by atoms with Gasteiger partial charge in [0.2, 0.25) is 15.9 Å². The van der Waals surface area contributed by atoms with E-state index in [9.17, 15) is 8.42 Å². The highest BCUT2D eigenvalue weighted by Crippen LogP contribution is 2.39. The third-order valence-corrected chi connectivity index (χ3v) is 5.86. The number of benzene rings is 1. The number of rotatable bonds is 4. The van der Waals surface area contributed by atoms with Crippen LogP contribution in [0, 0.1) is 0 Å². The van der Waals surface area contributed by atoms with Crippen molar-refractivity contribution >= 4 is 20.9 Å². The molecule has 0 bridgehead atoms. The van der Waals surface area contributed by atoms with Gasteiger partial charge in [0, 0.05) is 17.5 Å². The van der Waals surface area contributed by atoms with Gasteiger partial charge in [-0.2, -0.15) is 5.10 Å². The number of hydrogen-bond acceptors (Lipinski definition) is 5. The fraction of sp³-hybridized carbons (Fsp3) is 0.333. The van der Waals surface area contributed by atoms with Gasteiger partial charge in [0.1, 0.15) is 5.52 Å². The number of pyridine rings is 1. The molecular weight excluding hydrogens is 352 g/mol. The number of methoxy groups -OCH3 is 1. The van der Waals surface area contributed by atoms with Crippen LogP contribution in [0.4, 0.5) is 0 Å². The van der Waals surface area contributed by atoms with Crippen LogP contribution in [0.15, 0.2) is 41.4 Å². The lowest BCUT2D eigenvalue weighted by Crippen LogP contribution is -2.12. The van der Waals surface area contributed by atoms with Crippen LogP contribution < -0.4 is 9.88 Å². The first-order chi connectivity index (χ1) is 12.5. The Labute approximate surface area is 151 Å². The third-order valence-electron chi connectivity index (χ3n) is 4.93. The van der Waals surface area contributed by atoms with Crippen molar-refractivity contribution in [2.45, 2.75) is 36.5 Å². The van der Waals surface area contributed by atoms with Gasteiger partial charge in [-0.1, -0.05) is 12.8 Å². The maximum atomic E-state index is 11.5. The van der Waals surface area contributed by atoms with Crippen molar-refractivity contribution in [1.82, 2.24) is 14.8 Å². The highest BCUT2D eigenvalue weighted by molar-refractivity contribution is 7.89. The first-order valence-corrected chi connectivity index (χ1v) is 10.1. The number of primary sulfonamides is 1. The molecule has 0 unspecified atom stereocenters. The zero-order valence-electron chi connectivity index (χ0n) is 14.4. The Morgan fingerprint density at radius 3 is 2.46 bits per heavy atom. The maximum absolute atomic E-state index is 11.5. The van der Waals surface area contributed by atoms with Crippen LogP contribution in [0.5, 0.6) is 5.88 Å². The van der Waals surface area contributed by atoms with Crippen LogP contribution in [0.3, 0.4) is 0 Å². The smallest absolute Gasteiger partial charge is 0.240 e. The van der Waals surface area contributed by atoms with Crippen LogP contribution in [0.1, 0.15) is 37.3 Å². The molecule has 0 atom stereocenters. The van der Waals surface area contributed by atoms with E-state index in [1.54, 1.807) is 30.1 Å². The van der Waals surface area contributed by atoms with Gasteiger partial charge in [0.15, 0.2) is 0 Å². The lowest BCUT2D eigenvalue weighted by Gasteiger charge is -2.07. The molecule has 1 aliphatic rings. The Morgan fingerprint density at radius 2 is 1.85 bits per heavy atom. The van der Waals surface area contributed by atoms with Crippen molar-refractivity contribution in [2.24, 2.45) is 5.14 Å². The molecule has 2 N–H and O–H groups in total. The standard InChI is InChI=1S/C18H20N4O3S/c1-25-18-17-15(10-11-20-18)16(12-4-2-3-5-12)21-22(17)13-6-8-14(9-7-13)26(19,23)24/h6-12H,2-5H2,1H3,(H2,19,23,24). The summed E-state index contributed by atoms with van der Waals surface area (Å²) in [5.41, 5.74) is 2.58. The first kappa shape index (κ1) is 17.0.